The fourth-order valence-electron chi connectivity index (χ4n) is 1.87. The molecule has 1 saturated heterocycles. The first-order valence-electron chi connectivity index (χ1n) is 5.65. The maximum atomic E-state index is 11.9. The molecule has 0 saturated carbocycles. The van der Waals surface area contributed by atoms with Crippen molar-refractivity contribution in [1.29, 1.82) is 0 Å². The third-order valence-electron chi connectivity index (χ3n) is 3.24. The van der Waals surface area contributed by atoms with Crippen molar-refractivity contribution in [1.82, 2.24) is 4.90 Å². The molecule has 1 fully saturated rings. The molecule has 4 nitrogen and oxygen atoms in total. The Hall–Kier alpha value is -1.84. The van der Waals surface area contributed by atoms with E-state index < -0.39 is 11.8 Å². The second-order valence-electron chi connectivity index (χ2n) is 4.45. The zero-order chi connectivity index (χ0) is 12.6. The molecule has 0 unspecified atom stereocenters. The molecule has 2 amide bonds. The highest BCUT2D eigenvalue weighted by molar-refractivity contribution is 6.40. The Balaban J connectivity index is 2.31. The van der Waals surface area contributed by atoms with Gasteiger partial charge in [0.1, 0.15) is 0 Å². The number of nitrogens with zero attached hydrogens (tertiary/aromatic N) is 2. The van der Waals surface area contributed by atoms with Gasteiger partial charge in [-0.15, -0.1) is 0 Å². The van der Waals surface area contributed by atoms with Gasteiger partial charge in [-0.25, -0.2) is 0 Å². The normalized spacial score (nSPS) is 16.6. The van der Waals surface area contributed by atoms with Crippen molar-refractivity contribution in [2.24, 2.45) is 0 Å². The van der Waals surface area contributed by atoms with E-state index in [4.69, 9.17) is 0 Å². The van der Waals surface area contributed by atoms with Crippen LogP contribution in [-0.4, -0.2) is 36.9 Å². The van der Waals surface area contributed by atoms with E-state index in [2.05, 4.69) is 0 Å². The van der Waals surface area contributed by atoms with Crippen molar-refractivity contribution in [3.63, 3.8) is 0 Å². The van der Waals surface area contributed by atoms with Gasteiger partial charge in [0.2, 0.25) is 0 Å². The van der Waals surface area contributed by atoms with Gasteiger partial charge in [0.15, 0.2) is 0 Å². The van der Waals surface area contributed by atoms with E-state index in [9.17, 15) is 9.59 Å². The van der Waals surface area contributed by atoms with Gasteiger partial charge in [-0.1, -0.05) is 6.07 Å². The zero-order valence-corrected chi connectivity index (χ0v) is 10.4. The number of benzene rings is 1. The number of anilines is 1. The fourth-order valence-corrected chi connectivity index (χ4v) is 1.87. The van der Waals surface area contributed by atoms with Crippen molar-refractivity contribution in [3.8, 4) is 0 Å². The van der Waals surface area contributed by atoms with Crippen molar-refractivity contribution >= 4 is 17.5 Å². The molecule has 0 N–H and O–H groups in total. The summed E-state index contributed by atoms with van der Waals surface area (Å²) in [5, 5.41) is 0. The first kappa shape index (κ1) is 11.6. The maximum absolute atomic E-state index is 11.9. The van der Waals surface area contributed by atoms with Gasteiger partial charge in [-0.3, -0.25) is 9.59 Å². The molecule has 1 aromatic rings. The van der Waals surface area contributed by atoms with E-state index >= 15 is 0 Å². The number of likely N-dealkylation sites (N-methyl/N-ethyl adjacent to an activating group) is 1. The lowest BCUT2D eigenvalue weighted by molar-refractivity contribution is -0.145. The van der Waals surface area contributed by atoms with Gasteiger partial charge in [0, 0.05) is 25.8 Å². The monoisotopic (exact) mass is 232 g/mol. The van der Waals surface area contributed by atoms with E-state index in [-0.39, 0.29) is 0 Å². The van der Waals surface area contributed by atoms with Crippen LogP contribution in [0.5, 0.6) is 0 Å². The van der Waals surface area contributed by atoms with Gasteiger partial charge in [-0.2, -0.15) is 0 Å². The van der Waals surface area contributed by atoms with Crippen LogP contribution in [0, 0.1) is 13.8 Å². The number of carbonyl (C=O) groups excluding carboxylic acids is 2. The van der Waals surface area contributed by atoms with Crippen LogP contribution < -0.4 is 4.90 Å². The summed E-state index contributed by atoms with van der Waals surface area (Å²) in [6, 6.07) is 5.81. The smallest absolute Gasteiger partial charge is 0.316 e. The topological polar surface area (TPSA) is 40.6 Å². The summed E-state index contributed by atoms with van der Waals surface area (Å²) in [6.07, 6.45) is 0. The molecule has 1 heterocycles. The molecule has 0 aliphatic carbocycles. The quantitative estimate of drug-likeness (QED) is 0.680. The third kappa shape index (κ3) is 2.02. The van der Waals surface area contributed by atoms with Crippen molar-refractivity contribution in [2.75, 3.05) is 25.0 Å². The molecule has 1 aromatic carbocycles. The lowest BCUT2D eigenvalue weighted by atomic mass is 10.1. The van der Waals surface area contributed by atoms with Gasteiger partial charge in [0.05, 0.1) is 0 Å². The maximum Gasteiger partial charge on any atom is 0.316 e. The summed E-state index contributed by atoms with van der Waals surface area (Å²) in [4.78, 5) is 26.5. The summed E-state index contributed by atoms with van der Waals surface area (Å²) in [5.74, 6) is -0.878. The lowest BCUT2D eigenvalue weighted by Gasteiger charge is -2.31. The number of carbonyl (C=O) groups is 2. The Labute approximate surface area is 101 Å². The molecule has 1 aliphatic heterocycles. The van der Waals surface area contributed by atoms with Crippen LogP contribution in [0.3, 0.4) is 0 Å². The first-order chi connectivity index (χ1) is 8.00. The molecular formula is C13H16N2O2. The van der Waals surface area contributed by atoms with Gasteiger partial charge >= 0.3 is 11.8 Å². The van der Waals surface area contributed by atoms with E-state index in [0.29, 0.717) is 13.1 Å². The second kappa shape index (κ2) is 4.20. The molecule has 0 radical (unpaired) electrons. The minimum atomic E-state index is -0.443. The molecule has 1 aliphatic rings. The van der Waals surface area contributed by atoms with Gasteiger partial charge in [-0.05, 0) is 37.1 Å². The number of rotatable bonds is 1. The largest absolute Gasteiger partial charge is 0.336 e. The Morgan fingerprint density at radius 1 is 1.00 bits per heavy atom. The standard InChI is InChI=1S/C13H16N2O2/c1-9-4-5-11(8-10(9)2)15-7-6-14(3)12(16)13(15)17/h4-5,8H,6-7H2,1-3H3. The van der Waals surface area contributed by atoms with Crippen LogP contribution in [0.25, 0.3) is 0 Å². The van der Waals surface area contributed by atoms with E-state index in [1.807, 2.05) is 32.0 Å². The number of amides is 2. The minimum Gasteiger partial charge on any atom is -0.336 e. The number of hydrogen-bond acceptors (Lipinski definition) is 2. The van der Waals surface area contributed by atoms with Crippen LogP contribution in [0.1, 0.15) is 11.1 Å². The predicted octanol–water partition coefficient (Wildman–Crippen LogP) is 1.11. The summed E-state index contributed by atoms with van der Waals surface area (Å²) in [6.45, 7) is 5.17. The van der Waals surface area contributed by atoms with Crippen LogP contribution in [0.15, 0.2) is 18.2 Å². The first-order valence-corrected chi connectivity index (χ1v) is 5.65. The summed E-state index contributed by atoms with van der Waals surface area (Å²) in [7, 11) is 1.65. The number of hydrogen-bond donors (Lipinski definition) is 0. The highest BCUT2D eigenvalue weighted by Crippen LogP contribution is 2.20. The molecule has 0 atom stereocenters. The SMILES string of the molecule is Cc1ccc(N2CCN(C)C(=O)C2=O)cc1C. The number of aryl methyl sites for hydroxylation is 2. The average Bonchev–Trinajstić information content (AvgIpc) is 2.30. The van der Waals surface area contributed by atoms with Crippen molar-refractivity contribution < 1.29 is 9.59 Å². The zero-order valence-electron chi connectivity index (χ0n) is 10.4. The Morgan fingerprint density at radius 2 is 1.71 bits per heavy atom. The Kier molecular flexibility index (Phi) is 2.88. The van der Waals surface area contributed by atoms with Crippen molar-refractivity contribution in [3.05, 3.63) is 29.3 Å². The van der Waals surface area contributed by atoms with Crippen LogP contribution in [0.4, 0.5) is 5.69 Å². The summed E-state index contributed by atoms with van der Waals surface area (Å²) >= 11 is 0. The molecule has 0 spiro atoms. The van der Waals surface area contributed by atoms with E-state index in [1.165, 1.54) is 10.5 Å². The van der Waals surface area contributed by atoms with Crippen LogP contribution in [0.2, 0.25) is 0 Å². The average molecular weight is 232 g/mol. The van der Waals surface area contributed by atoms with Crippen LogP contribution in [-0.2, 0) is 9.59 Å². The van der Waals surface area contributed by atoms with E-state index in [0.717, 1.165) is 11.3 Å². The molecular weight excluding hydrogens is 216 g/mol. The van der Waals surface area contributed by atoms with Gasteiger partial charge < -0.3 is 9.80 Å². The fraction of sp³-hybridized carbons (Fsp3) is 0.385. The van der Waals surface area contributed by atoms with Gasteiger partial charge in [0.25, 0.3) is 0 Å². The van der Waals surface area contributed by atoms with Crippen molar-refractivity contribution in [2.45, 2.75) is 13.8 Å². The molecule has 2 rings (SSSR count). The molecule has 17 heavy (non-hydrogen) atoms. The molecule has 90 valence electrons. The van der Waals surface area contributed by atoms with Crippen LogP contribution >= 0.6 is 0 Å². The molecule has 4 heteroatoms. The second-order valence-corrected chi connectivity index (χ2v) is 4.45. The molecule has 0 bridgehead atoms. The van der Waals surface area contributed by atoms with E-state index in [1.54, 1.807) is 11.9 Å². The third-order valence-corrected chi connectivity index (χ3v) is 3.24. The molecule has 0 aromatic heterocycles. The highest BCUT2D eigenvalue weighted by Gasteiger charge is 2.31. The summed E-state index contributed by atoms with van der Waals surface area (Å²) < 4.78 is 0. The minimum absolute atomic E-state index is 0.436. The predicted molar refractivity (Wildman–Crippen MR) is 65.9 cm³/mol. The summed E-state index contributed by atoms with van der Waals surface area (Å²) in [5.41, 5.74) is 3.11. The Bertz CT molecular complexity index is 482. The Morgan fingerprint density at radius 3 is 2.35 bits per heavy atom. The highest BCUT2D eigenvalue weighted by atomic mass is 16.2. The number of piperazine rings is 1. The lowest BCUT2D eigenvalue weighted by Crippen LogP contribution is -2.53.